The summed E-state index contributed by atoms with van der Waals surface area (Å²) in [5.74, 6) is 5.02. The molecular formula is C22H34OS2. The van der Waals surface area contributed by atoms with Crippen LogP contribution in [-0.4, -0.2) is 27.3 Å². The summed E-state index contributed by atoms with van der Waals surface area (Å²) < 4.78 is 0.479. The Morgan fingerprint density at radius 1 is 1.16 bits per heavy atom. The maximum atomic E-state index is 10.3. The second-order valence-corrected chi connectivity index (χ2v) is 13.4. The van der Waals surface area contributed by atoms with Gasteiger partial charge in [-0.2, -0.15) is 0 Å². The average molecular weight is 379 g/mol. The van der Waals surface area contributed by atoms with Gasteiger partial charge in [0, 0.05) is 24.0 Å². The molecule has 4 fully saturated rings. The highest BCUT2D eigenvalue weighted by Gasteiger charge is 2.71. The number of allylic oxidation sites excluding steroid dienone is 2. The standard InChI is InChI=1S/C22H34OS2/c1-15-11-16-5-6-18-19(2,14-23)7-4-8-20(18,3)21(16)12-17(15)22(13-21)24-9-10-25-22/h11,16-18,23H,4-10,12-14H2,1-3H3/t16-,17+,18-,19+,20-,21-/m0/s1. The Morgan fingerprint density at radius 2 is 1.92 bits per heavy atom. The number of aliphatic hydroxyl groups excluding tert-OH is 1. The number of aliphatic hydroxyl groups is 1. The summed E-state index contributed by atoms with van der Waals surface area (Å²) in [6.45, 7) is 7.89. The van der Waals surface area contributed by atoms with Crippen LogP contribution in [0.2, 0.25) is 0 Å². The summed E-state index contributed by atoms with van der Waals surface area (Å²) in [6.07, 6.45) is 12.3. The Bertz CT molecular complexity index is 609. The van der Waals surface area contributed by atoms with Gasteiger partial charge in [0.05, 0.1) is 4.08 Å². The molecule has 2 spiro atoms. The minimum absolute atomic E-state index is 0.157. The lowest BCUT2D eigenvalue weighted by atomic mass is 9.39. The smallest absolute Gasteiger partial charge is 0.0682 e. The van der Waals surface area contributed by atoms with Crippen molar-refractivity contribution >= 4 is 23.5 Å². The molecule has 1 aliphatic heterocycles. The molecule has 5 rings (SSSR count). The Morgan fingerprint density at radius 3 is 2.64 bits per heavy atom. The van der Waals surface area contributed by atoms with E-state index in [0.29, 0.717) is 27.4 Å². The zero-order chi connectivity index (χ0) is 17.5. The number of thioether (sulfide) groups is 2. The highest BCUT2D eigenvalue weighted by atomic mass is 32.2. The largest absolute Gasteiger partial charge is 0.396 e. The minimum Gasteiger partial charge on any atom is -0.396 e. The van der Waals surface area contributed by atoms with E-state index in [1.54, 1.807) is 5.57 Å². The predicted molar refractivity (Wildman–Crippen MR) is 110 cm³/mol. The molecule has 0 amide bonds. The summed E-state index contributed by atoms with van der Waals surface area (Å²) in [7, 11) is 0. The lowest BCUT2D eigenvalue weighted by Crippen LogP contribution is -2.59. The summed E-state index contributed by atoms with van der Waals surface area (Å²) in [4.78, 5) is 0. The van der Waals surface area contributed by atoms with Crippen molar-refractivity contribution in [2.45, 2.75) is 69.8 Å². The molecule has 2 bridgehead atoms. The first-order chi connectivity index (χ1) is 11.9. The molecule has 5 aliphatic rings. The maximum absolute atomic E-state index is 10.3. The molecule has 4 aliphatic carbocycles. The van der Waals surface area contributed by atoms with E-state index in [-0.39, 0.29) is 5.41 Å². The molecule has 3 heteroatoms. The van der Waals surface area contributed by atoms with Crippen LogP contribution < -0.4 is 0 Å². The monoisotopic (exact) mass is 378 g/mol. The second kappa shape index (κ2) is 5.47. The number of fused-ring (bicyclic) bond motifs is 3. The van der Waals surface area contributed by atoms with Crippen molar-refractivity contribution in [3.8, 4) is 0 Å². The fraction of sp³-hybridized carbons (Fsp3) is 0.909. The van der Waals surface area contributed by atoms with E-state index in [1.165, 1.54) is 56.5 Å². The minimum atomic E-state index is 0.157. The molecule has 6 atom stereocenters. The van der Waals surface area contributed by atoms with Gasteiger partial charge in [-0.05, 0) is 73.5 Å². The fourth-order valence-electron chi connectivity index (χ4n) is 8.31. The molecule has 0 radical (unpaired) electrons. The van der Waals surface area contributed by atoms with E-state index in [9.17, 15) is 5.11 Å². The Balaban J connectivity index is 1.63. The number of hydrogen-bond donors (Lipinski definition) is 1. The SMILES string of the molecule is CC1=C[C@@H]2CC[C@H]3[C@@](C)(CO)CCC[C@]3(C)[C@]23C[C@H]1C1(C3)SCCS1. The predicted octanol–water partition coefficient (Wildman–Crippen LogP) is 5.73. The topological polar surface area (TPSA) is 20.2 Å². The summed E-state index contributed by atoms with van der Waals surface area (Å²) >= 11 is 4.60. The van der Waals surface area contributed by atoms with E-state index >= 15 is 0 Å². The van der Waals surface area contributed by atoms with E-state index in [4.69, 9.17) is 0 Å². The van der Waals surface area contributed by atoms with Gasteiger partial charge in [0.2, 0.25) is 0 Å². The van der Waals surface area contributed by atoms with Gasteiger partial charge in [0.15, 0.2) is 0 Å². The maximum Gasteiger partial charge on any atom is 0.0682 e. The molecule has 1 heterocycles. The molecule has 0 aromatic heterocycles. The van der Waals surface area contributed by atoms with Crippen LogP contribution in [0.5, 0.6) is 0 Å². The van der Waals surface area contributed by atoms with Gasteiger partial charge in [0.1, 0.15) is 0 Å². The van der Waals surface area contributed by atoms with Crippen LogP contribution in [0.15, 0.2) is 11.6 Å². The zero-order valence-corrected chi connectivity index (χ0v) is 17.8. The highest BCUT2D eigenvalue weighted by Crippen LogP contribution is 2.78. The van der Waals surface area contributed by atoms with Crippen LogP contribution in [0.25, 0.3) is 0 Å². The van der Waals surface area contributed by atoms with E-state index in [1.807, 2.05) is 0 Å². The Kier molecular flexibility index (Phi) is 3.83. The van der Waals surface area contributed by atoms with Gasteiger partial charge in [-0.3, -0.25) is 0 Å². The van der Waals surface area contributed by atoms with Gasteiger partial charge < -0.3 is 5.11 Å². The molecule has 0 aromatic rings. The van der Waals surface area contributed by atoms with Gasteiger partial charge in [0.25, 0.3) is 0 Å². The van der Waals surface area contributed by atoms with Crippen molar-refractivity contribution in [3.05, 3.63) is 11.6 Å². The van der Waals surface area contributed by atoms with Crippen molar-refractivity contribution in [2.75, 3.05) is 18.1 Å². The normalized spacial score (nSPS) is 53.4. The molecule has 3 saturated carbocycles. The fourth-order valence-corrected chi connectivity index (χ4v) is 12.2. The van der Waals surface area contributed by atoms with Gasteiger partial charge in [-0.1, -0.05) is 31.9 Å². The first kappa shape index (κ1) is 17.5. The molecule has 1 saturated heterocycles. The van der Waals surface area contributed by atoms with E-state index < -0.39 is 0 Å². The zero-order valence-electron chi connectivity index (χ0n) is 16.1. The lowest BCUT2D eigenvalue weighted by molar-refractivity contribution is -0.165. The van der Waals surface area contributed by atoms with Crippen LogP contribution in [0.1, 0.15) is 65.7 Å². The van der Waals surface area contributed by atoms with Crippen molar-refractivity contribution in [1.82, 2.24) is 0 Å². The van der Waals surface area contributed by atoms with E-state index in [2.05, 4.69) is 50.4 Å². The molecule has 140 valence electrons. The summed E-state index contributed by atoms with van der Waals surface area (Å²) in [5, 5.41) is 10.3. The highest BCUT2D eigenvalue weighted by molar-refractivity contribution is 8.21. The molecular weight excluding hydrogens is 344 g/mol. The van der Waals surface area contributed by atoms with Crippen molar-refractivity contribution in [1.29, 1.82) is 0 Å². The third-order valence-corrected chi connectivity index (χ3v) is 13.1. The van der Waals surface area contributed by atoms with Crippen molar-refractivity contribution in [3.63, 3.8) is 0 Å². The molecule has 1 nitrogen and oxygen atoms in total. The lowest BCUT2D eigenvalue weighted by Gasteiger charge is -2.65. The van der Waals surface area contributed by atoms with Crippen LogP contribution >= 0.6 is 23.5 Å². The van der Waals surface area contributed by atoms with Gasteiger partial charge in [-0.15, -0.1) is 23.5 Å². The first-order valence-electron chi connectivity index (χ1n) is 10.5. The van der Waals surface area contributed by atoms with Crippen LogP contribution in [0.4, 0.5) is 0 Å². The average Bonchev–Trinajstić information content (AvgIpc) is 3.16. The quantitative estimate of drug-likeness (QED) is 0.588. The second-order valence-electron chi connectivity index (χ2n) is 10.3. The van der Waals surface area contributed by atoms with Gasteiger partial charge >= 0.3 is 0 Å². The molecule has 0 aromatic carbocycles. The third kappa shape index (κ3) is 2.04. The Hall–Kier alpha value is 0.400. The van der Waals surface area contributed by atoms with Crippen LogP contribution in [-0.2, 0) is 0 Å². The third-order valence-electron chi connectivity index (χ3n) is 9.48. The number of hydrogen-bond acceptors (Lipinski definition) is 3. The van der Waals surface area contributed by atoms with Crippen LogP contribution in [0, 0.1) is 34.0 Å². The molecule has 25 heavy (non-hydrogen) atoms. The molecule has 0 unspecified atom stereocenters. The number of rotatable bonds is 1. The van der Waals surface area contributed by atoms with Crippen molar-refractivity contribution < 1.29 is 5.11 Å². The Labute approximate surface area is 162 Å². The first-order valence-corrected chi connectivity index (χ1v) is 12.4. The molecule has 1 N–H and O–H groups in total. The van der Waals surface area contributed by atoms with E-state index in [0.717, 1.165) is 11.8 Å². The summed E-state index contributed by atoms with van der Waals surface area (Å²) in [6, 6.07) is 0. The summed E-state index contributed by atoms with van der Waals surface area (Å²) in [5.41, 5.74) is 2.79. The van der Waals surface area contributed by atoms with Crippen molar-refractivity contribution in [2.24, 2.45) is 34.0 Å². The van der Waals surface area contributed by atoms with Crippen LogP contribution in [0.3, 0.4) is 0 Å². The van der Waals surface area contributed by atoms with Gasteiger partial charge in [-0.25, -0.2) is 0 Å².